The van der Waals surface area contributed by atoms with Crippen LogP contribution in [0.4, 0.5) is 0 Å². The predicted molar refractivity (Wildman–Crippen MR) is 121 cm³/mol. The van der Waals surface area contributed by atoms with Crippen molar-refractivity contribution >= 4 is 16.9 Å². The van der Waals surface area contributed by atoms with Gasteiger partial charge in [-0.1, -0.05) is 23.8 Å². The van der Waals surface area contributed by atoms with Crippen LogP contribution in [-0.2, 0) is 0 Å². The Balaban J connectivity index is 1.87. The Bertz CT molecular complexity index is 1180. The third-order valence-electron chi connectivity index (χ3n) is 5.61. The Kier molecular flexibility index (Phi) is 5.83. The summed E-state index contributed by atoms with van der Waals surface area (Å²) in [5.41, 5.74) is 2.54. The predicted octanol–water partition coefficient (Wildman–Crippen LogP) is 4.00. The van der Waals surface area contributed by atoms with Gasteiger partial charge in [0.1, 0.15) is 11.3 Å². The Morgan fingerprint density at radius 2 is 1.94 bits per heavy atom. The molecule has 6 heteroatoms. The average Bonchev–Trinajstić information content (AvgIpc) is 3.01. The highest BCUT2D eigenvalue weighted by molar-refractivity contribution is 5.99. The van der Waals surface area contributed by atoms with Crippen molar-refractivity contribution in [2.24, 2.45) is 0 Å². The molecule has 0 N–H and O–H groups in total. The molecule has 3 aromatic rings. The molecular formula is C25H28N2O4. The van der Waals surface area contributed by atoms with E-state index in [2.05, 4.69) is 4.90 Å². The van der Waals surface area contributed by atoms with E-state index in [-0.39, 0.29) is 17.1 Å². The van der Waals surface area contributed by atoms with Crippen molar-refractivity contribution in [2.45, 2.75) is 26.3 Å². The molecule has 2 heterocycles. The zero-order valence-electron chi connectivity index (χ0n) is 18.5. The van der Waals surface area contributed by atoms with Crippen molar-refractivity contribution in [1.29, 1.82) is 0 Å². The third-order valence-corrected chi connectivity index (χ3v) is 5.61. The highest BCUT2D eigenvalue weighted by Crippen LogP contribution is 2.39. The van der Waals surface area contributed by atoms with Gasteiger partial charge in [-0.3, -0.25) is 9.59 Å². The molecule has 1 aliphatic heterocycles. The zero-order chi connectivity index (χ0) is 22.1. The topological polar surface area (TPSA) is 63.0 Å². The van der Waals surface area contributed by atoms with Gasteiger partial charge in [0.25, 0.3) is 5.91 Å². The van der Waals surface area contributed by atoms with Crippen molar-refractivity contribution in [3.05, 3.63) is 75.1 Å². The molecule has 0 fully saturated rings. The normalized spacial score (nSPS) is 15.7. The highest BCUT2D eigenvalue weighted by Gasteiger charge is 2.42. The largest absolute Gasteiger partial charge is 0.494 e. The molecule has 0 radical (unpaired) electrons. The van der Waals surface area contributed by atoms with Gasteiger partial charge < -0.3 is 19.0 Å². The molecule has 6 nitrogen and oxygen atoms in total. The van der Waals surface area contributed by atoms with Crippen molar-refractivity contribution in [3.63, 3.8) is 0 Å². The van der Waals surface area contributed by atoms with E-state index >= 15 is 0 Å². The number of nitrogens with zero attached hydrogens (tertiary/aromatic N) is 2. The number of carbonyl (C=O) groups excluding carboxylic acids is 1. The van der Waals surface area contributed by atoms with Gasteiger partial charge in [0.05, 0.1) is 23.6 Å². The minimum absolute atomic E-state index is 0.143. The summed E-state index contributed by atoms with van der Waals surface area (Å²) in [6, 6.07) is 12.6. The highest BCUT2D eigenvalue weighted by atomic mass is 16.5. The molecule has 1 atom stereocenters. The van der Waals surface area contributed by atoms with Crippen molar-refractivity contribution < 1.29 is 13.9 Å². The third kappa shape index (κ3) is 3.95. The van der Waals surface area contributed by atoms with Crippen LogP contribution in [0.1, 0.15) is 46.6 Å². The van der Waals surface area contributed by atoms with E-state index in [4.69, 9.17) is 9.15 Å². The van der Waals surface area contributed by atoms with Crippen LogP contribution in [-0.4, -0.2) is 49.5 Å². The molecule has 31 heavy (non-hydrogen) atoms. The Morgan fingerprint density at radius 3 is 2.68 bits per heavy atom. The average molecular weight is 421 g/mol. The minimum atomic E-state index is -0.494. The van der Waals surface area contributed by atoms with Crippen LogP contribution in [0.3, 0.4) is 0 Å². The summed E-state index contributed by atoms with van der Waals surface area (Å²) in [5.74, 6) is 0.633. The first-order chi connectivity index (χ1) is 14.9. The van der Waals surface area contributed by atoms with E-state index in [1.807, 2.05) is 64.3 Å². The second kappa shape index (κ2) is 8.55. The lowest BCUT2D eigenvalue weighted by molar-refractivity contribution is 0.0722. The summed E-state index contributed by atoms with van der Waals surface area (Å²) in [7, 11) is 4.01. The smallest absolute Gasteiger partial charge is 0.290 e. The van der Waals surface area contributed by atoms with E-state index in [1.165, 1.54) is 0 Å². The Hall–Kier alpha value is -3.12. The molecule has 0 spiro atoms. The van der Waals surface area contributed by atoms with E-state index < -0.39 is 6.04 Å². The van der Waals surface area contributed by atoms with Crippen molar-refractivity contribution in [3.8, 4) is 5.75 Å². The number of aryl methyl sites for hydroxylation is 1. The number of fused-ring (bicyclic) bond motifs is 2. The molecule has 1 aromatic heterocycles. The molecule has 0 saturated carbocycles. The fraction of sp³-hybridized carbons (Fsp3) is 0.360. The van der Waals surface area contributed by atoms with Gasteiger partial charge in [0, 0.05) is 6.54 Å². The summed E-state index contributed by atoms with van der Waals surface area (Å²) < 4.78 is 11.7. The second-order valence-electron chi connectivity index (χ2n) is 8.24. The van der Waals surface area contributed by atoms with Gasteiger partial charge in [-0.05, 0) is 70.7 Å². The number of hydrogen-bond acceptors (Lipinski definition) is 5. The Morgan fingerprint density at radius 1 is 1.13 bits per heavy atom. The maximum atomic E-state index is 13.6. The first-order valence-corrected chi connectivity index (χ1v) is 10.7. The SMILES string of the molecule is CCOc1cccc(C2c3c(oc4ccc(C)cc4c3=O)C(=O)N2CCCN(C)C)c1. The molecule has 162 valence electrons. The summed E-state index contributed by atoms with van der Waals surface area (Å²) >= 11 is 0. The van der Waals surface area contributed by atoms with Crippen LogP contribution in [0.5, 0.6) is 5.75 Å². The monoisotopic (exact) mass is 420 g/mol. The van der Waals surface area contributed by atoms with Gasteiger partial charge in [0.2, 0.25) is 5.76 Å². The summed E-state index contributed by atoms with van der Waals surface area (Å²) in [6.45, 7) is 5.78. The first kappa shape index (κ1) is 21.1. The van der Waals surface area contributed by atoms with Crippen molar-refractivity contribution in [1.82, 2.24) is 9.80 Å². The number of rotatable bonds is 7. The fourth-order valence-electron chi connectivity index (χ4n) is 4.21. The van der Waals surface area contributed by atoms with Crippen LogP contribution in [0, 0.1) is 6.92 Å². The first-order valence-electron chi connectivity index (χ1n) is 10.7. The van der Waals surface area contributed by atoms with Crippen molar-refractivity contribution in [2.75, 3.05) is 33.8 Å². The van der Waals surface area contributed by atoms with Crippen LogP contribution in [0.2, 0.25) is 0 Å². The molecule has 2 aromatic carbocycles. The lowest BCUT2D eigenvalue weighted by atomic mass is 9.98. The van der Waals surface area contributed by atoms with E-state index in [1.54, 1.807) is 11.0 Å². The molecule has 0 aliphatic carbocycles. The zero-order valence-corrected chi connectivity index (χ0v) is 18.5. The van der Waals surface area contributed by atoms with Crippen LogP contribution >= 0.6 is 0 Å². The molecule has 1 unspecified atom stereocenters. The van der Waals surface area contributed by atoms with Gasteiger partial charge in [-0.2, -0.15) is 0 Å². The van der Waals surface area contributed by atoms with Gasteiger partial charge in [-0.25, -0.2) is 0 Å². The van der Waals surface area contributed by atoms with E-state index in [9.17, 15) is 9.59 Å². The van der Waals surface area contributed by atoms with Crippen LogP contribution < -0.4 is 10.2 Å². The van der Waals surface area contributed by atoms with Gasteiger partial charge in [0.15, 0.2) is 5.43 Å². The summed E-state index contributed by atoms with van der Waals surface area (Å²) in [5, 5.41) is 0.507. The number of benzene rings is 2. The molecule has 0 saturated heterocycles. The summed E-state index contributed by atoms with van der Waals surface area (Å²) in [4.78, 5) is 30.8. The van der Waals surface area contributed by atoms with Gasteiger partial charge >= 0.3 is 0 Å². The maximum absolute atomic E-state index is 13.6. The van der Waals surface area contributed by atoms with Crippen LogP contribution in [0.15, 0.2) is 51.7 Å². The fourth-order valence-corrected chi connectivity index (χ4v) is 4.21. The molecule has 4 rings (SSSR count). The number of amides is 1. The van der Waals surface area contributed by atoms with E-state index in [0.29, 0.717) is 29.7 Å². The van der Waals surface area contributed by atoms with E-state index in [0.717, 1.165) is 29.8 Å². The molecular weight excluding hydrogens is 392 g/mol. The van der Waals surface area contributed by atoms with Gasteiger partial charge in [-0.15, -0.1) is 0 Å². The Labute approximate surface area is 182 Å². The standard InChI is InChI=1S/C25H28N2O4/c1-5-30-18-9-6-8-17(15-18)22-21-23(28)19-14-16(2)10-11-20(19)31-24(21)25(29)27(22)13-7-12-26(3)4/h6,8-11,14-15,22H,5,7,12-13H2,1-4H3. The number of carbonyl (C=O) groups is 1. The molecule has 1 aliphatic rings. The maximum Gasteiger partial charge on any atom is 0.290 e. The summed E-state index contributed by atoms with van der Waals surface area (Å²) in [6.07, 6.45) is 0.793. The lowest BCUT2D eigenvalue weighted by Crippen LogP contribution is -2.32. The molecule has 0 bridgehead atoms. The van der Waals surface area contributed by atoms with Crippen LogP contribution in [0.25, 0.3) is 11.0 Å². The number of hydrogen-bond donors (Lipinski definition) is 0. The second-order valence-corrected chi connectivity index (χ2v) is 8.24. The minimum Gasteiger partial charge on any atom is -0.494 e. The quantitative estimate of drug-likeness (QED) is 0.578. The number of ether oxygens (including phenoxy) is 1. The molecule has 1 amide bonds. The lowest BCUT2D eigenvalue weighted by Gasteiger charge is -2.26.